The van der Waals surface area contributed by atoms with E-state index >= 15 is 0 Å². The fourth-order valence-electron chi connectivity index (χ4n) is 1.64. The van der Waals surface area contributed by atoms with Gasteiger partial charge in [-0.25, -0.2) is 14.0 Å². The summed E-state index contributed by atoms with van der Waals surface area (Å²) in [6.45, 7) is 2.40. The molecule has 0 aliphatic heterocycles. The lowest BCUT2D eigenvalue weighted by Crippen LogP contribution is -2.16. The SMILES string of the molecule is CCOCCOC(=O)c1c(F)cccc1OC(=COC)C(=O)OC. The molecule has 24 heavy (non-hydrogen) atoms. The van der Waals surface area contributed by atoms with Gasteiger partial charge in [-0.1, -0.05) is 6.07 Å². The molecule has 0 radical (unpaired) electrons. The van der Waals surface area contributed by atoms with E-state index in [0.29, 0.717) is 6.61 Å². The smallest absolute Gasteiger partial charge is 0.377 e. The first-order valence-electron chi connectivity index (χ1n) is 7.07. The van der Waals surface area contributed by atoms with Gasteiger partial charge in [-0.15, -0.1) is 0 Å². The maximum absolute atomic E-state index is 14.0. The summed E-state index contributed by atoms with van der Waals surface area (Å²) in [4.78, 5) is 23.7. The van der Waals surface area contributed by atoms with E-state index in [2.05, 4.69) is 4.74 Å². The van der Waals surface area contributed by atoms with Crippen LogP contribution in [0.2, 0.25) is 0 Å². The molecule has 0 spiro atoms. The van der Waals surface area contributed by atoms with Crippen LogP contribution >= 0.6 is 0 Å². The Hall–Kier alpha value is -2.61. The van der Waals surface area contributed by atoms with Crippen LogP contribution in [0.4, 0.5) is 4.39 Å². The van der Waals surface area contributed by atoms with Gasteiger partial charge in [-0.3, -0.25) is 0 Å². The highest BCUT2D eigenvalue weighted by Gasteiger charge is 2.23. The Morgan fingerprint density at radius 2 is 1.96 bits per heavy atom. The lowest BCUT2D eigenvalue weighted by molar-refractivity contribution is -0.138. The Morgan fingerprint density at radius 1 is 1.21 bits per heavy atom. The Labute approximate surface area is 138 Å². The monoisotopic (exact) mass is 342 g/mol. The van der Waals surface area contributed by atoms with E-state index < -0.39 is 23.3 Å². The number of hydrogen-bond donors (Lipinski definition) is 0. The van der Waals surface area contributed by atoms with Crippen molar-refractivity contribution in [2.24, 2.45) is 0 Å². The van der Waals surface area contributed by atoms with Crippen LogP contribution in [0.1, 0.15) is 17.3 Å². The van der Waals surface area contributed by atoms with Crippen LogP contribution in [0.15, 0.2) is 30.2 Å². The number of benzene rings is 1. The second kappa shape index (κ2) is 10.2. The van der Waals surface area contributed by atoms with Crippen molar-refractivity contribution in [3.05, 3.63) is 41.6 Å². The maximum Gasteiger partial charge on any atom is 0.377 e. The fraction of sp³-hybridized carbons (Fsp3) is 0.375. The van der Waals surface area contributed by atoms with E-state index in [-0.39, 0.29) is 24.7 Å². The van der Waals surface area contributed by atoms with Gasteiger partial charge in [0.25, 0.3) is 0 Å². The number of hydrogen-bond acceptors (Lipinski definition) is 7. The van der Waals surface area contributed by atoms with Crippen LogP contribution in [-0.4, -0.2) is 46.0 Å². The standard InChI is InChI=1S/C16H19FO7/c1-4-22-8-9-23-16(19)14-11(17)6-5-7-12(14)24-13(10-20-2)15(18)21-3/h5-7,10H,4,8-9H2,1-3H3. The van der Waals surface area contributed by atoms with Gasteiger partial charge in [0.05, 0.1) is 20.8 Å². The number of esters is 2. The van der Waals surface area contributed by atoms with Crippen molar-refractivity contribution in [3.63, 3.8) is 0 Å². The van der Waals surface area contributed by atoms with Crippen LogP contribution < -0.4 is 4.74 Å². The third-order valence-corrected chi connectivity index (χ3v) is 2.68. The first-order valence-corrected chi connectivity index (χ1v) is 7.07. The topological polar surface area (TPSA) is 80.3 Å². The second-order valence-corrected chi connectivity index (χ2v) is 4.26. The fourth-order valence-corrected chi connectivity index (χ4v) is 1.64. The third kappa shape index (κ3) is 5.54. The minimum atomic E-state index is -0.940. The van der Waals surface area contributed by atoms with Gasteiger partial charge >= 0.3 is 11.9 Å². The summed E-state index contributed by atoms with van der Waals surface area (Å²) < 4.78 is 38.5. The third-order valence-electron chi connectivity index (χ3n) is 2.68. The Balaban J connectivity index is 2.99. The lowest BCUT2D eigenvalue weighted by atomic mass is 10.2. The van der Waals surface area contributed by atoms with Crippen LogP contribution in [0, 0.1) is 5.82 Å². The molecule has 0 aliphatic rings. The predicted molar refractivity (Wildman–Crippen MR) is 80.9 cm³/mol. The molecule has 0 aromatic heterocycles. The molecule has 0 amide bonds. The molecule has 1 aromatic rings. The number of carbonyl (C=O) groups is 2. The minimum absolute atomic E-state index is 0.0434. The maximum atomic E-state index is 14.0. The summed E-state index contributed by atoms with van der Waals surface area (Å²) in [6, 6.07) is 3.71. The average molecular weight is 342 g/mol. The molecule has 0 heterocycles. The van der Waals surface area contributed by atoms with Crippen LogP contribution in [0.25, 0.3) is 0 Å². The number of methoxy groups -OCH3 is 2. The van der Waals surface area contributed by atoms with E-state index in [4.69, 9.17) is 18.9 Å². The van der Waals surface area contributed by atoms with Crippen molar-refractivity contribution in [2.75, 3.05) is 34.0 Å². The summed E-state index contributed by atoms with van der Waals surface area (Å²) in [7, 11) is 2.43. The first kappa shape index (κ1) is 19.4. The summed E-state index contributed by atoms with van der Waals surface area (Å²) in [5.74, 6) is -3.20. The molecule has 0 unspecified atom stereocenters. The molecule has 132 valence electrons. The summed E-state index contributed by atoms with van der Waals surface area (Å²) >= 11 is 0. The molecular weight excluding hydrogens is 323 g/mol. The van der Waals surface area contributed by atoms with Gasteiger partial charge in [0, 0.05) is 6.61 Å². The van der Waals surface area contributed by atoms with Crippen molar-refractivity contribution in [2.45, 2.75) is 6.92 Å². The van der Waals surface area contributed by atoms with E-state index in [1.54, 1.807) is 6.92 Å². The van der Waals surface area contributed by atoms with Crippen molar-refractivity contribution < 1.29 is 37.7 Å². The van der Waals surface area contributed by atoms with Gasteiger partial charge in [-0.05, 0) is 19.1 Å². The summed E-state index contributed by atoms with van der Waals surface area (Å²) in [5.41, 5.74) is -0.445. The number of halogens is 1. The average Bonchev–Trinajstić information content (AvgIpc) is 2.57. The molecule has 0 atom stereocenters. The van der Waals surface area contributed by atoms with Crippen LogP contribution in [-0.2, 0) is 23.7 Å². The Bertz CT molecular complexity index is 598. The molecule has 0 saturated heterocycles. The van der Waals surface area contributed by atoms with Gasteiger partial charge in [-0.2, -0.15) is 0 Å². The van der Waals surface area contributed by atoms with Crippen molar-refractivity contribution >= 4 is 11.9 Å². The largest absolute Gasteiger partial charge is 0.500 e. The minimum Gasteiger partial charge on any atom is -0.500 e. The normalized spacial score (nSPS) is 10.9. The van der Waals surface area contributed by atoms with Gasteiger partial charge < -0.3 is 23.7 Å². The number of carbonyl (C=O) groups excluding carboxylic acids is 2. The zero-order valence-corrected chi connectivity index (χ0v) is 13.7. The Kier molecular flexibility index (Phi) is 8.28. The highest BCUT2D eigenvalue weighted by molar-refractivity contribution is 5.93. The molecule has 1 aromatic carbocycles. The van der Waals surface area contributed by atoms with E-state index in [1.165, 1.54) is 19.2 Å². The molecule has 0 saturated carbocycles. The van der Waals surface area contributed by atoms with Crippen LogP contribution in [0.5, 0.6) is 5.75 Å². The second-order valence-electron chi connectivity index (χ2n) is 4.26. The van der Waals surface area contributed by atoms with Gasteiger partial charge in [0.1, 0.15) is 30.0 Å². The van der Waals surface area contributed by atoms with Gasteiger partial charge in [0.15, 0.2) is 0 Å². The van der Waals surface area contributed by atoms with E-state index in [9.17, 15) is 14.0 Å². The molecular formula is C16H19FO7. The molecule has 0 N–H and O–H groups in total. The summed E-state index contributed by atoms with van der Waals surface area (Å²) in [6.07, 6.45) is 0.973. The molecule has 7 nitrogen and oxygen atoms in total. The van der Waals surface area contributed by atoms with E-state index in [0.717, 1.165) is 19.4 Å². The van der Waals surface area contributed by atoms with Crippen molar-refractivity contribution in [1.82, 2.24) is 0 Å². The van der Waals surface area contributed by atoms with Crippen molar-refractivity contribution in [3.8, 4) is 5.75 Å². The zero-order valence-electron chi connectivity index (χ0n) is 13.7. The number of ether oxygens (including phenoxy) is 5. The number of rotatable bonds is 9. The van der Waals surface area contributed by atoms with Crippen LogP contribution in [0.3, 0.4) is 0 Å². The summed E-state index contributed by atoms with van der Waals surface area (Å²) in [5, 5.41) is 0. The molecule has 0 aliphatic carbocycles. The van der Waals surface area contributed by atoms with Gasteiger partial charge in [0.2, 0.25) is 5.76 Å². The molecule has 0 fully saturated rings. The highest BCUT2D eigenvalue weighted by atomic mass is 19.1. The molecule has 1 rings (SSSR count). The highest BCUT2D eigenvalue weighted by Crippen LogP contribution is 2.25. The first-order chi connectivity index (χ1) is 11.5. The van der Waals surface area contributed by atoms with E-state index in [1.807, 2.05) is 0 Å². The molecule has 0 bridgehead atoms. The quantitative estimate of drug-likeness (QED) is 0.294. The zero-order chi connectivity index (χ0) is 17.9. The van der Waals surface area contributed by atoms with Crippen molar-refractivity contribution in [1.29, 1.82) is 0 Å². The Morgan fingerprint density at radius 3 is 2.58 bits per heavy atom. The molecule has 8 heteroatoms. The predicted octanol–water partition coefficient (Wildman–Crippen LogP) is 2.06. The lowest BCUT2D eigenvalue weighted by Gasteiger charge is -2.12.